The van der Waals surface area contributed by atoms with Gasteiger partial charge in [0.15, 0.2) is 11.5 Å². The maximum atomic E-state index is 12.9. The Morgan fingerprint density at radius 3 is 2.39 bits per heavy atom. The average molecular weight is 415 g/mol. The molecule has 0 bridgehead atoms. The van der Waals surface area contributed by atoms with Crippen LogP contribution in [0.5, 0.6) is 11.5 Å². The van der Waals surface area contributed by atoms with Gasteiger partial charge in [-0.2, -0.15) is 13.1 Å². The highest BCUT2D eigenvalue weighted by atomic mass is 32.2. The first-order valence-corrected chi connectivity index (χ1v) is 9.40. The molecule has 0 radical (unpaired) electrons. The molecule has 0 aliphatic heterocycles. The second-order valence-electron chi connectivity index (χ2n) is 5.61. The molecule has 10 heteroatoms. The predicted octanol–water partition coefficient (Wildman–Crippen LogP) is 2.90. The normalized spacial score (nSPS) is 11.5. The van der Waals surface area contributed by atoms with E-state index in [-0.39, 0.29) is 28.5 Å². The van der Waals surface area contributed by atoms with Gasteiger partial charge in [0.05, 0.1) is 24.7 Å². The molecule has 2 rings (SSSR count). The summed E-state index contributed by atoms with van der Waals surface area (Å²) in [4.78, 5) is 11.7. The van der Waals surface area contributed by atoms with Crippen molar-refractivity contribution in [3.8, 4) is 11.5 Å². The number of ether oxygens (including phenoxy) is 3. The van der Waals surface area contributed by atoms with Gasteiger partial charge in [0, 0.05) is 13.6 Å². The van der Waals surface area contributed by atoms with Crippen molar-refractivity contribution >= 4 is 16.0 Å². The van der Waals surface area contributed by atoms with Crippen molar-refractivity contribution in [3.05, 3.63) is 53.6 Å². The highest BCUT2D eigenvalue weighted by molar-refractivity contribution is 7.89. The van der Waals surface area contributed by atoms with Crippen LogP contribution in [0.4, 0.5) is 8.78 Å². The topological polar surface area (TPSA) is 82.1 Å². The summed E-state index contributed by atoms with van der Waals surface area (Å²) in [6.07, 6.45) is 0. The lowest BCUT2D eigenvalue weighted by Crippen LogP contribution is -2.28. The molecule has 152 valence electrons. The first kappa shape index (κ1) is 21.6. The minimum atomic E-state index is -4.03. The highest BCUT2D eigenvalue weighted by Crippen LogP contribution is 2.30. The third kappa shape index (κ3) is 4.76. The highest BCUT2D eigenvalue weighted by Gasteiger charge is 2.27. The molecule has 0 spiro atoms. The zero-order valence-electron chi connectivity index (χ0n) is 15.4. The van der Waals surface area contributed by atoms with Gasteiger partial charge in [-0.1, -0.05) is 18.2 Å². The Bertz CT molecular complexity index is 949. The van der Waals surface area contributed by atoms with Gasteiger partial charge in [-0.05, 0) is 29.8 Å². The first-order valence-electron chi connectivity index (χ1n) is 7.96. The first-order chi connectivity index (χ1) is 13.2. The third-order valence-corrected chi connectivity index (χ3v) is 5.69. The van der Waals surface area contributed by atoms with Crippen LogP contribution in [0.1, 0.15) is 15.9 Å². The van der Waals surface area contributed by atoms with E-state index in [1.165, 1.54) is 56.6 Å². The van der Waals surface area contributed by atoms with Gasteiger partial charge >= 0.3 is 12.6 Å². The molecule has 0 fully saturated rings. The van der Waals surface area contributed by atoms with Gasteiger partial charge in [0.1, 0.15) is 0 Å². The number of hydrogen-bond acceptors (Lipinski definition) is 6. The Hall–Kier alpha value is -2.72. The number of halogens is 2. The van der Waals surface area contributed by atoms with Gasteiger partial charge in [-0.25, -0.2) is 13.2 Å². The second kappa shape index (κ2) is 8.98. The van der Waals surface area contributed by atoms with E-state index in [0.717, 1.165) is 11.4 Å². The monoisotopic (exact) mass is 415 g/mol. The minimum absolute atomic E-state index is 0.0403. The Morgan fingerprint density at radius 2 is 1.79 bits per heavy atom. The van der Waals surface area contributed by atoms with Gasteiger partial charge in [-0.3, -0.25) is 0 Å². The van der Waals surface area contributed by atoms with Crippen LogP contribution in [0, 0.1) is 0 Å². The lowest BCUT2D eigenvalue weighted by atomic mass is 10.2. The second-order valence-corrected chi connectivity index (χ2v) is 7.63. The van der Waals surface area contributed by atoms with Crippen LogP contribution in [-0.2, 0) is 21.3 Å². The number of methoxy groups -OCH3 is 2. The summed E-state index contributed by atoms with van der Waals surface area (Å²) in [6.45, 7) is -3.11. The number of benzene rings is 2. The lowest BCUT2D eigenvalue weighted by molar-refractivity contribution is -0.0512. The molecule has 0 saturated heterocycles. The summed E-state index contributed by atoms with van der Waals surface area (Å²) in [5, 5.41) is 0. The zero-order chi connectivity index (χ0) is 20.9. The van der Waals surface area contributed by atoms with E-state index in [4.69, 9.17) is 4.74 Å². The van der Waals surface area contributed by atoms with Crippen molar-refractivity contribution < 1.29 is 36.2 Å². The van der Waals surface area contributed by atoms with Crippen LogP contribution in [0.3, 0.4) is 0 Å². The molecule has 0 saturated carbocycles. The van der Waals surface area contributed by atoms with Crippen molar-refractivity contribution in [2.24, 2.45) is 0 Å². The third-order valence-electron chi connectivity index (χ3n) is 3.83. The lowest BCUT2D eigenvalue weighted by Gasteiger charge is -2.19. The van der Waals surface area contributed by atoms with E-state index < -0.39 is 22.6 Å². The fourth-order valence-corrected chi connectivity index (χ4v) is 3.82. The number of rotatable bonds is 8. The summed E-state index contributed by atoms with van der Waals surface area (Å²) in [5.74, 6) is -0.899. The molecule has 28 heavy (non-hydrogen) atoms. The molecule has 0 atom stereocenters. The number of hydrogen-bond donors (Lipinski definition) is 0. The molecular formula is C18H19F2NO6S. The number of esters is 1. The quantitative estimate of drug-likeness (QED) is 0.617. The van der Waals surface area contributed by atoms with Crippen molar-refractivity contribution in [2.75, 3.05) is 21.3 Å². The van der Waals surface area contributed by atoms with Crippen LogP contribution in [0.2, 0.25) is 0 Å². The van der Waals surface area contributed by atoms with E-state index in [0.29, 0.717) is 5.56 Å². The zero-order valence-corrected chi connectivity index (χ0v) is 16.2. The van der Waals surface area contributed by atoms with E-state index in [1.807, 2.05) is 0 Å². The molecule has 0 aromatic heterocycles. The van der Waals surface area contributed by atoms with Crippen molar-refractivity contribution in [1.82, 2.24) is 4.31 Å². The van der Waals surface area contributed by atoms with Gasteiger partial charge in [0.2, 0.25) is 10.0 Å². The summed E-state index contributed by atoms with van der Waals surface area (Å²) < 4.78 is 65.7. The van der Waals surface area contributed by atoms with E-state index >= 15 is 0 Å². The maximum absolute atomic E-state index is 12.9. The van der Waals surface area contributed by atoms with Crippen LogP contribution < -0.4 is 9.47 Å². The largest absolute Gasteiger partial charge is 0.493 e. The molecule has 0 unspecified atom stereocenters. The Morgan fingerprint density at radius 1 is 1.11 bits per heavy atom. The fraction of sp³-hybridized carbons (Fsp3) is 0.278. The summed E-state index contributed by atoms with van der Waals surface area (Å²) in [5.41, 5.74) is 0.384. The SMILES string of the molecule is COC(=O)c1ccccc1S(=O)(=O)N(C)Cc1ccc(OC(F)F)c(OC)c1. The summed E-state index contributed by atoms with van der Waals surface area (Å²) >= 11 is 0. The number of nitrogens with zero attached hydrogens (tertiary/aromatic N) is 1. The van der Waals surface area contributed by atoms with Crippen LogP contribution in [0.25, 0.3) is 0 Å². The molecule has 7 nitrogen and oxygen atoms in total. The van der Waals surface area contributed by atoms with Crippen LogP contribution in [0.15, 0.2) is 47.4 Å². The molecule has 0 N–H and O–H groups in total. The van der Waals surface area contributed by atoms with Crippen molar-refractivity contribution in [2.45, 2.75) is 18.1 Å². The summed E-state index contributed by atoms with van der Waals surface area (Å²) in [6, 6.07) is 9.78. The van der Waals surface area contributed by atoms with Crippen LogP contribution >= 0.6 is 0 Å². The van der Waals surface area contributed by atoms with E-state index in [1.54, 1.807) is 0 Å². The van der Waals surface area contributed by atoms with Gasteiger partial charge < -0.3 is 14.2 Å². The molecule has 0 amide bonds. The Balaban J connectivity index is 2.32. The number of carbonyl (C=O) groups is 1. The van der Waals surface area contributed by atoms with E-state index in [2.05, 4.69) is 9.47 Å². The molecule has 2 aromatic rings. The Kier molecular flexibility index (Phi) is 6.92. The predicted molar refractivity (Wildman–Crippen MR) is 96.1 cm³/mol. The smallest absolute Gasteiger partial charge is 0.387 e. The van der Waals surface area contributed by atoms with E-state index in [9.17, 15) is 22.0 Å². The number of alkyl halides is 2. The standard InChI is InChI=1S/C18H19F2NO6S/c1-21(11-12-8-9-14(27-18(19)20)15(10-12)25-2)28(23,24)16-7-5-4-6-13(16)17(22)26-3/h4-10,18H,11H2,1-3H3. The molecule has 0 heterocycles. The number of carbonyl (C=O) groups excluding carboxylic acids is 1. The van der Waals surface area contributed by atoms with Gasteiger partial charge in [0.25, 0.3) is 0 Å². The average Bonchev–Trinajstić information content (AvgIpc) is 2.67. The summed E-state index contributed by atoms with van der Waals surface area (Å²) in [7, 11) is -0.259. The maximum Gasteiger partial charge on any atom is 0.387 e. The molecule has 2 aromatic carbocycles. The number of sulfonamides is 1. The molecular weight excluding hydrogens is 396 g/mol. The van der Waals surface area contributed by atoms with Crippen molar-refractivity contribution in [1.29, 1.82) is 0 Å². The fourth-order valence-electron chi connectivity index (χ4n) is 2.48. The van der Waals surface area contributed by atoms with Crippen LogP contribution in [-0.4, -0.2) is 46.6 Å². The minimum Gasteiger partial charge on any atom is -0.493 e. The van der Waals surface area contributed by atoms with Gasteiger partial charge in [-0.15, -0.1) is 0 Å². The van der Waals surface area contributed by atoms with Crippen molar-refractivity contribution in [3.63, 3.8) is 0 Å². The Labute approximate surface area is 161 Å². The molecule has 0 aliphatic carbocycles. The molecule has 0 aliphatic rings.